The smallest absolute Gasteiger partial charge is 0.244 e. The molecule has 0 aliphatic heterocycles. The first-order chi connectivity index (χ1) is 12.4. The van der Waals surface area contributed by atoms with Gasteiger partial charge in [-0.15, -0.1) is 0 Å². The lowest BCUT2D eigenvalue weighted by Gasteiger charge is -2.21. The summed E-state index contributed by atoms with van der Waals surface area (Å²) in [6.07, 6.45) is 4.11. The van der Waals surface area contributed by atoms with Gasteiger partial charge in [-0.3, -0.25) is 0 Å². The molecular weight excluding hydrogens is 350 g/mol. The van der Waals surface area contributed by atoms with Crippen molar-refractivity contribution in [1.82, 2.24) is 4.72 Å². The highest BCUT2D eigenvalue weighted by Crippen LogP contribution is 2.32. The van der Waals surface area contributed by atoms with Crippen LogP contribution in [-0.2, 0) is 22.9 Å². The van der Waals surface area contributed by atoms with Gasteiger partial charge in [-0.25, -0.2) is 13.1 Å². The average molecular weight is 375 g/mol. The minimum atomic E-state index is -3.71. The molecule has 0 spiro atoms. The lowest BCUT2D eigenvalue weighted by Crippen LogP contribution is -2.27. The standard InChI is InChI=1S/C20H25NO4S/c1-14(15-8-10-18(24-2)11-9-15)21-26(22,23)20-13-17-7-5-4-6-16(17)12-19(20)25-3/h8-14,21H,4-7H2,1-3H3. The van der Waals surface area contributed by atoms with Gasteiger partial charge in [-0.2, -0.15) is 0 Å². The molecule has 1 atom stereocenters. The van der Waals surface area contributed by atoms with E-state index in [4.69, 9.17) is 9.47 Å². The summed E-state index contributed by atoms with van der Waals surface area (Å²) in [5.74, 6) is 1.14. The first-order valence-electron chi connectivity index (χ1n) is 8.80. The van der Waals surface area contributed by atoms with E-state index in [1.165, 1.54) is 12.7 Å². The molecule has 6 heteroatoms. The third-order valence-electron chi connectivity index (χ3n) is 4.87. The summed E-state index contributed by atoms with van der Waals surface area (Å²) >= 11 is 0. The third-order valence-corrected chi connectivity index (χ3v) is 6.43. The second-order valence-electron chi connectivity index (χ2n) is 6.60. The molecule has 0 aromatic heterocycles. The van der Waals surface area contributed by atoms with Crippen molar-refractivity contribution in [2.75, 3.05) is 14.2 Å². The van der Waals surface area contributed by atoms with E-state index in [0.717, 1.165) is 42.6 Å². The van der Waals surface area contributed by atoms with E-state index in [1.807, 2.05) is 37.3 Å². The monoisotopic (exact) mass is 375 g/mol. The zero-order chi connectivity index (χ0) is 18.7. The van der Waals surface area contributed by atoms with Gasteiger partial charge in [0.25, 0.3) is 0 Å². The van der Waals surface area contributed by atoms with Crippen molar-refractivity contribution in [3.63, 3.8) is 0 Å². The van der Waals surface area contributed by atoms with Crippen molar-refractivity contribution in [2.45, 2.75) is 43.5 Å². The number of rotatable bonds is 6. The Labute approximate surface area is 155 Å². The van der Waals surface area contributed by atoms with Crippen molar-refractivity contribution in [1.29, 1.82) is 0 Å². The summed E-state index contributed by atoms with van der Waals surface area (Å²) < 4.78 is 39.3. The van der Waals surface area contributed by atoms with Crippen LogP contribution in [0, 0.1) is 0 Å². The molecule has 1 N–H and O–H groups in total. The fourth-order valence-corrected chi connectivity index (χ4v) is 4.80. The maximum absolute atomic E-state index is 13.0. The van der Waals surface area contributed by atoms with Crippen molar-refractivity contribution >= 4 is 10.0 Å². The van der Waals surface area contributed by atoms with Gasteiger partial charge in [0.1, 0.15) is 16.4 Å². The highest BCUT2D eigenvalue weighted by Gasteiger charge is 2.25. The predicted octanol–water partition coefficient (Wildman–Crippen LogP) is 3.62. The third kappa shape index (κ3) is 3.86. The first kappa shape index (κ1) is 18.7. The van der Waals surface area contributed by atoms with Crippen molar-refractivity contribution < 1.29 is 17.9 Å². The molecule has 0 radical (unpaired) electrons. The van der Waals surface area contributed by atoms with E-state index in [0.29, 0.717) is 5.75 Å². The molecule has 1 unspecified atom stereocenters. The molecule has 26 heavy (non-hydrogen) atoms. The number of hydrogen-bond donors (Lipinski definition) is 1. The first-order valence-corrected chi connectivity index (χ1v) is 10.3. The molecule has 0 amide bonds. The van der Waals surface area contributed by atoms with E-state index in [2.05, 4.69) is 4.72 Å². The van der Waals surface area contributed by atoms with Gasteiger partial charge in [0.2, 0.25) is 10.0 Å². The summed E-state index contributed by atoms with van der Waals surface area (Å²) in [7, 11) is -0.595. The SMILES string of the molecule is COc1ccc(C(C)NS(=O)(=O)c2cc3c(cc2OC)CCCC3)cc1. The zero-order valence-electron chi connectivity index (χ0n) is 15.4. The second-order valence-corrected chi connectivity index (χ2v) is 8.28. The number of aryl methyl sites for hydroxylation is 2. The second kappa shape index (κ2) is 7.68. The van der Waals surface area contributed by atoms with Gasteiger partial charge < -0.3 is 9.47 Å². The maximum atomic E-state index is 13.0. The van der Waals surface area contributed by atoms with Crippen LogP contribution >= 0.6 is 0 Å². The van der Waals surface area contributed by atoms with E-state index >= 15 is 0 Å². The van der Waals surface area contributed by atoms with Gasteiger partial charge >= 0.3 is 0 Å². The Morgan fingerprint density at radius 1 is 0.962 bits per heavy atom. The molecule has 0 saturated heterocycles. The summed E-state index contributed by atoms with van der Waals surface area (Å²) in [5, 5.41) is 0. The molecule has 1 aliphatic carbocycles. The normalized spacial score (nSPS) is 15.2. The Bertz CT molecular complexity index is 875. The van der Waals surface area contributed by atoms with Crippen LogP contribution in [0.3, 0.4) is 0 Å². The molecule has 0 saturated carbocycles. The minimum Gasteiger partial charge on any atom is -0.497 e. The van der Waals surface area contributed by atoms with Crippen LogP contribution in [0.25, 0.3) is 0 Å². The van der Waals surface area contributed by atoms with Crippen LogP contribution in [0.5, 0.6) is 11.5 Å². The topological polar surface area (TPSA) is 64.6 Å². The summed E-state index contributed by atoms with van der Waals surface area (Å²) in [5.41, 5.74) is 3.16. The molecule has 0 bridgehead atoms. The van der Waals surface area contributed by atoms with Gasteiger partial charge in [-0.1, -0.05) is 12.1 Å². The predicted molar refractivity (Wildman–Crippen MR) is 101 cm³/mol. The van der Waals surface area contributed by atoms with E-state index in [9.17, 15) is 8.42 Å². The molecule has 1 aliphatic rings. The van der Waals surface area contributed by atoms with Crippen LogP contribution in [0.1, 0.15) is 42.5 Å². The molecule has 2 aromatic rings. The van der Waals surface area contributed by atoms with Crippen molar-refractivity contribution in [2.24, 2.45) is 0 Å². The number of nitrogens with one attached hydrogen (secondary N) is 1. The quantitative estimate of drug-likeness (QED) is 0.837. The number of hydrogen-bond acceptors (Lipinski definition) is 4. The molecule has 5 nitrogen and oxygen atoms in total. The average Bonchev–Trinajstić information content (AvgIpc) is 2.66. The lowest BCUT2D eigenvalue weighted by atomic mass is 9.92. The molecular formula is C20H25NO4S. The molecule has 0 heterocycles. The van der Waals surface area contributed by atoms with E-state index < -0.39 is 10.0 Å². The number of ether oxygens (including phenoxy) is 2. The Morgan fingerprint density at radius 3 is 2.15 bits per heavy atom. The Morgan fingerprint density at radius 2 is 1.58 bits per heavy atom. The Kier molecular flexibility index (Phi) is 5.53. The van der Waals surface area contributed by atoms with Crippen LogP contribution in [-0.4, -0.2) is 22.6 Å². The van der Waals surface area contributed by atoms with Crippen molar-refractivity contribution in [3.05, 3.63) is 53.1 Å². The maximum Gasteiger partial charge on any atom is 0.244 e. The van der Waals surface area contributed by atoms with Crippen LogP contribution < -0.4 is 14.2 Å². The lowest BCUT2D eigenvalue weighted by molar-refractivity contribution is 0.400. The van der Waals surface area contributed by atoms with Crippen LogP contribution in [0.4, 0.5) is 0 Å². The van der Waals surface area contributed by atoms with Gasteiger partial charge in [-0.05, 0) is 73.6 Å². The fourth-order valence-electron chi connectivity index (χ4n) is 3.37. The summed E-state index contributed by atoms with van der Waals surface area (Å²) in [6.45, 7) is 1.82. The molecule has 2 aromatic carbocycles. The highest BCUT2D eigenvalue weighted by atomic mass is 32.2. The summed E-state index contributed by atoms with van der Waals surface area (Å²) in [6, 6.07) is 10.6. The van der Waals surface area contributed by atoms with Gasteiger partial charge in [0, 0.05) is 6.04 Å². The number of benzene rings is 2. The number of sulfonamides is 1. The van der Waals surface area contributed by atoms with Gasteiger partial charge in [0.15, 0.2) is 0 Å². The molecule has 0 fully saturated rings. The molecule has 140 valence electrons. The highest BCUT2D eigenvalue weighted by molar-refractivity contribution is 7.89. The Balaban J connectivity index is 1.89. The largest absolute Gasteiger partial charge is 0.497 e. The van der Waals surface area contributed by atoms with Gasteiger partial charge in [0.05, 0.1) is 14.2 Å². The Hall–Kier alpha value is -2.05. The van der Waals surface area contributed by atoms with Crippen molar-refractivity contribution in [3.8, 4) is 11.5 Å². The minimum absolute atomic E-state index is 0.209. The van der Waals surface area contributed by atoms with Crippen LogP contribution in [0.2, 0.25) is 0 Å². The number of methoxy groups -OCH3 is 2. The summed E-state index contributed by atoms with van der Waals surface area (Å²) in [4.78, 5) is 0.209. The van der Waals surface area contributed by atoms with E-state index in [1.54, 1.807) is 13.2 Å². The van der Waals surface area contributed by atoms with Crippen LogP contribution in [0.15, 0.2) is 41.3 Å². The number of fused-ring (bicyclic) bond motifs is 1. The zero-order valence-corrected chi connectivity index (χ0v) is 16.2. The van der Waals surface area contributed by atoms with E-state index in [-0.39, 0.29) is 10.9 Å². The molecule has 3 rings (SSSR count). The fraction of sp³-hybridized carbons (Fsp3) is 0.400.